The van der Waals surface area contributed by atoms with Gasteiger partial charge in [-0.25, -0.2) is 0 Å². The summed E-state index contributed by atoms with van der Waals surface area (Å²) in [7, 11) is 0. The van der Waals surface area contributed by atoms with Crippen LogP contribution in [0.3, 0.4) is 0 Å². The van der Waals surface area contributed by atoms with E-state index >= 15 is 0 Å². The molecule has 106 valence electrons. The molecular formula is C15H29NO2. The molecule has 0 amide bonds. The third kappa shape index (κ3) is 6.72. The Morgan fingerprint density at radius 3 is 2.50 bits per heavy atom. The molecule has 2 fully saturated rings. The number of hydrogen-bond acceptors (Lipinski definition) is 3. The molecule has 0 aromatic rings. The topological polar surface area (TPSA) is 30.5 Å². The predicted octanol–water partition coefficient (Wildman–Crippen LogP) is 2.74. The van der Waals surface area contributed by atoms with Crippen molar-refractivity contribution < 1.29 is 9.47 Å². The molecule has 2 rings (SSSR count). The van der Waals surface area contributed by atoms with Crippen molar-refractivity contribution in [2.45, 2.75) is 57.4 Å². The Morgan fingerprint density at radius 2 is 1.72 bits per heavy atom. The molecule has 1 saturated carbocycles. The van der Waals surface area contributed by atoms with E-state index in [-0.39, 0.29) is 0 Å². The summed E-state index contributed by atoms with van der Waals surface area (Å²) in [6.07, 6.45) is 10.4. The van der Waals surface area contributed by atoms with Gasteiger partial charge in [-0.15, -0.1) is 0 Å². The van der Waals surface area contributed by atoms with Crippen molar-refractivity contribution in [3.8, 4) is 0 Å². The maximum absolute atomic E-state index is 5.76. The van der Waals surface area contributed by atoms with Gasteiger partial charge in [0.1, 0.15) is 0 Å². The van der Waals surface area contributed by atoms with Crippen molar-refractivity contribution in [3.05, 3.63) is 0 Å². The zero-order chi connectivity index (χ0) is 12.5. The quantitative estimate of drug-likeness (QED) is 0.609. The van der Waals surface area contributed by atoms with Crippen LogP contribution in [0.15, 0.2) is 0 Å². The number of ether oxygens (including phenoxy) is 2. The third-order valence-electron chi connectivity index (χ3n) is 3.92. The number of unbranched alkanes of at least 4 members (excludes halogenated alkanes) is 3. The molecule has 18 heavy (non-hydrogen) atoms. The Bertz CT molecular complexity index is 201. The lowest BCUT2D eigenvalue weighted by Gasteiger charge is -2.21. The van der Waals surface area contributed by atoms with Crippen molar-refractivity contribution in [2.24, 2.45) is 5.92 Å². The highest BCUT2D eigenvalue weighted by Crippen LogP contribution is 2.18. The van der Waals surface area contributed by atoms with Crippen LogP contribution in [0.4, 0.5) is 0 Å². The molecule has 0 unspecified atom stereocenters. The van der Waals surface area contributed by atoms with Crippen molar-refractivity contribution in [3.63, 3.8) is 0 Å². The standard InChI is InChI=1S/C15H29NO2/c1(3-9-16-15-5-6-15)2-4-10-18-13-14-7-11-17-12-8-14/h14-16H,1-13H2. The molecule has 1 saturated heterocycles. The molecule has 2 aliphatic rings. The van der Waals surface area contributed by atoms with Crippen molar-refractivity contribution in [1.29, 1.82) is 0 Å². The maximum Gasteiger partial charge on any atom is 0.0495 e. The predicted molar refractivity (Wildman–Crippen MR) is 73.9 cm³/mol. The van der Waals surface area contributed by atoms with Crippen molar-refractivity contribution in [1.82, 2.24) is 5.32 Å². The molecule has 3 nitrogen and oxygen atoms in total. The van der Waals surface area contributed by atoms with Gasteiger partial charge in [0.15, 0.2) is 0 Å². The summed E-state index contributed by atoms with van der Waals surface area (Å²) in [5, 5.41) is 3.56. The van der Waals surface area contributed by atoms with Crippen molar-refractivity contribution in [2.75, 3.05) is 33.0 Å². The minimum atomic E-state index is 0.751. The molecule has 3 heteroatoms. The van der Waals surface area contributed by atoms with Crippen LogP contribution in [0.1, 0.15) is 51.4 Å². The average molecular weight is 255 g/mol. The second-order valence-electron chi connectivity index (χ2n) is 5.77. The van der Waals surface area contributed by atoms with Crippen molar-refractivity contribution >= 4 is 0 Å². The molecule has 1 aliphatic carbocycles. The summed E-state index contributed by atoms with van der Waals surface area (Å²) >= 11 is 0. The van der Waals surface area contributed by atoms with Gasteiger partial charge in [0, 0.05) is 32.5 Å². The van der Waals surface area contributed by atoms with Gasteiger partial charge >= 0.3 is 0 Å². The first kappa shape index (κ1) is 14.3. The van der Waals surface area contributed by atoms with E-state index in [1.54, 1.807) is 0 Å². The molecular weight excluding hydrogens is 226 g/mol. The summed E-state index contributed by atoms with van der Waals surface area (Å²) < 4.78 is 11.1. The third-order valence-corrected chi connectivity index (χ3v) is 3.92. The van der Waals surface area contributed by atoms with Gasteiger partial charge in [-0.2, -0.15) is 0 Å². The fourth-order valence-electron chi connectivity index (χ4n) is 2.44. The number of rotatable bonds is 10. The van der Waals surface area contributed by atoms with Gasteiger partial charge in [-0.05, 0) is 51.0 Å². The number of nitrogens with one attached hydrogen (secondary N) is 1. The van der Waals surface area contributed by atoms with E-state index in [0.717, 1.165) is 38.4 Å². The van der Waals surface area contributed by atoms with E-state index in [0.29, 0.717) is 0 Å². The number of hydrogen-bond donors (Lipinski definition) is 1. The molecule has 1 heterocycles. The SMILES string of the molecule is C(CCCOCC1CCOCC1)CCNC1CC1. The highest BCUT2D eigenvalue weighted by molar-refractivity contribution is 4.80. The Morgan fingerprint density at radius 1 is 0.944 bits per heavy atom. The first-order chi connectivity index (χ1) is 8.95. The van der Waals surface area contributed by atoms with Gasteiger partial charge in [0.2, 0.25) is 0 Å². The van der Waals surface area contributed by atoms with Gasteiger partial charge in [-0.3, -0.25) is 0 Å². The molecule has 1 aliphatic heterocycles. The largest absolute Gasteiger partial charge is 0.381 e. The van der Waals surface area contributed by atoms with Gasteiger partial charge in [0.25, 0.3) is 0 Å². The van der Waals surface area contributed by atoms with E-state index in [1.807, 2.05) is 0 Å². The first-order valence-corrected chi connectivity index (χ1v) is 7.84. The molecule has 0 bridgehead atoms. The van der Waals surface area contributed by atoms with Gasteiger partial charge < -0.3 is 14.8 Å². The molecule has 0 aromatic carbocycles. The normalized spacial score (nSPS) is 21.3. The fraction of sp³-hybridized carbons (Fsp3) is 1.00. The summed E-state index contributed by atoms with van der Waals surface area (Å²) in [4.78, 5) is 0. The zero-order valence-electron chi connectivity index (χ0n) is 11.7. The van der Waals surface area contributed by atoms with Gasteiger partial charge in [-0.1, -0.05) is 12.8 Å². The van der Waals surface area contributed by atoms with Gasteiger partial charge in [0.05, 0.1) is 0 Å². The summed E-state index contributed by atoms with van der Waals surface area (Å²) in [6, 6.07) is 0.868. The molecule has 1 N–H and O–H groups in total. The zero-order valence-corrected chi connectivity index (χ0v) is 11.7. The van der Waals surface area contributed by atoms with E-state index in [2.05, 4.69) is 5.32 Å². The molecule has 0 aromatic heterocycles. The van der Waals surface area contributed by atoms with Crippen LogP contribution in [0.2, 0.25) is 0 Å². The smallest absolute Gasteiger partial charge is 0.0495 e. The highest BCUT2D eigenvalue weighted by Gasteiger charge is 2.19. The Hall–Kier alpha value is -0.120. The van der Waals surface area contributed by atoms with E-state index in [9.17, 15) is 0 Å². The molecule has 0 radical (unpaired) electrons. The fourth-order valence-corrected chi connectivity index (χ4v) is 2.44. The van der Waals surface area contributed by atoms with E-state index < -0.39 is 0 Å². The summed E-state index contributed by atoms with van der Waals surface area (Å²) in [5.41, 5.74) is 0. The minimum Gasteiger partial charge on any atom is -0.381 e. The van der Waals surface area contributed by atoms with Crippen LogP contribution in [0.5, 0.6) is 0 Å². The van der Waals surface area contributed by atoms with Crippen LogP contribution < -0.4 is 5.32 Å². The Labute approximate surface area is 112 Å². The minimum absolute atomic E-state index is 0.751. The maximum atomic E-state index is 5.76. The van der Waals surface area contributed by atoms with Crippen LogP contribution in [0, 0.1) is 5.92 Å². The second-order valence-corrected chi connectivity index (χ2v) is 5.77. The van der Waals surface area contributed by atoms with E-state index in [1.165, 1.54) is 57.9 Å². The van der Waals surface area contributed by atoms with Crippen LogP contribution >= 0.6 is 0 Å². The first-order valence-electron chi connectivity index (χ1n) is 7.84. The Kier molecular flexibility index (Phi) is 7.06. The lowest BCUT2D eigenvalue weighted by molar-refractivity contribution is 0.0198. The highest BCUT2D eigenvalue weighted by atomic mass is 16.5. The average Bonchev–Trinajstić information content (AvgIpc) is 3.22. The monoisotopic (exact) mass is 255 g/mol. The Balaban J connectivity index is 1.28. The molecule has 0 atom stereocenters. The lowest BCUT2D eigenvalue weighted by Crippen LogP contribution is -2.20. The summed E-state index contributed by atoms with van der Waals surface area (Å²) in [6.45, 7) is 4.98. The van der Waals surface area contributed by atoms with Crippen LogP contribution in [-0.2, 0) is 9.47 Å². The van der Waals surface area contributed by atoms with E-state index in [4.69, 9.17) is 9.47 Å². The second kappa shape index (κ2) is 8.89. The van der Waals surface area contributed by atoms with Crippen LogP contribution in [-0.4, -0.2) is 39.0 Å². The van der Waals surface area contributed by atoms with Crippen LogP contribution in [0.25, 0.3) is 0 Å². The molecule has 0 spiro atoms. The lowest BCUT2D eigenvalue weighted by atomic mass is 10.0. The summed E-state index contributed by atoms with van der Waals surface area (Å²) in [5.74, 6) is 0.751.